The Bertz CT molecular complexity index is 820. The third kappa shape index (κ3) is 6.02. The summed E-state index contributed by atoms with van der Waals surface area (Å²) in [5, 5.41) is 3.66. The van der Waals surface area contributed by atoms with Gasteiger partial charge in [-0.1, -0.05) is 11.6 Å². The van der Waals surface area contributed by atoms with Crippen LogP contribution >= 0.6 is 11.6 Å². The van der Waals surface area contributed by atoms with E-state index in [9.17, 15) is 4.79 Å². The first kappa shape index (κ1) is 21.3. The molecule has 7 heteroatoms. The van der Waals surface area contributed by atoms with E-state index in [4.69, 9.17) is 16.3 Å². The van der Waals surface area contributed by atoms with E-state index in [1.807, 2.05) is 25.1 Å². The van der Waals surface area contributed by atoms with Crippen molar-refractivity contribution in [1.29, 1.82) is 0 Å². The highest BCUT2D eigenvalue weighted by atomic mass is 35.5. The number of amides is 2. The van der Waals surface area contributed by atoms with Gasteiger partial charge in [-0.2, -0.15) is 0 Å². The van der Waals surface area contributed by atoms with Crippen molar-refractivity contribution in [1.82, 2.24) is 9.80 Å². The standard InChI is InChI=1S/C22H29ClN4O2/c1-17-16-19(27-12-10-25(2)11-13-27)6-9-21(17)24-22(28)26(3)14-15-29-20-7-4-18(23)5-8-20/h4-9,16H,10-15H2,1-3H3,(H,24,28). The lowest BCUT2D eigenvalue weighted by atomic mass is 10.1. The Balaban J connectivity index is 1.49. The first-order valence-corrected chi connectivity index (χ1v) is 10.2. The molecule has 1 fully saturated rings. The highest BCUT2D eigenvalue weighted by Crippen LogP contribution is 2.24. The lowest BCUT2D eigenvalue weighted by Crippen LogP contribution is -2.44. The molecule has 0 saturated carbocycles. The van der Waals surface area contributed by atoms with Gasteiger partial charge in [-0.05, 0) is 62.0 Å². The smallest absolute Gasteiger partial charge is 0.321 e. The maximum Gasteiger partial charge on any atom is 0.321 e. The van der Waals surface area contributed by atoms with Crippen LogP contribution in [-0.4, -0.2) is 69.3 Å². The highest BCUT2D eigenvalue weighted by molar-refractivity contribution is 6.30. The van der Waals surface area contributed by atoms with Crippen molar-refractivity contribution in [2.45, 2.75) is 6.92 Å². The molecule has 3 rings (SSSR count). The fourth-order valence-corrected chi connectivity index (χ4v) is 3.32. The van der Waals surface area contributed by atoms with Crippen LogP contribution < -0.4 is 15.0 Å². The number of likely N-dealkylation sites (N-methyl/N-ethyl adjacent to an activating group) is 2. The molecule has 1 heterocycles. The molecule has 1 aliphatic rings. The van der Waals surface area contributed by atoms with Gasteiger partial charge in [0, 0.05) is 49.6 Å². The van der Waals surface area contributed by atoms with E-state index < -0.39 is 0 Å². The minimum atomic E-state index is -0.153. The molecule has 29 heavy (non-hydrogen) atoms. The minimum absolute atomic E-state index is 0.153. The molecular weight excluding hydrogens is 388 g/mol. The number of halogens is 1. The zero-order valence-corrected chi connectivity index (χ0v) is 18.1. The molecule has 2 aromatic carbocycles. The second-order valence-electron chi connectivity index (χ2n) is 7.44. The number of hydrogen-bond donors (Lipinski definition) is 1. The van der Waals surface area contributed by atoms with Gasteiger partial charge in [0.05, 0.1) is 6.54 Å². The van der Waals surface area contributed by atoms with Crippen LogP contribution in [-0.2, 0) is 0 Å². The highest BCUT2D eigenvalue weighted by Gasteiger charge is 2.16. The van der Waals surface area contributed by atoms with E-state index in [0.29, 0.717) is 18.2 Å². The maximum absolute atomic E-state index is 12.5. The number of nitrogens with one attached hydrogen (secondary N) is 1. The Kier molecular flexibility index (Phi) is 7.23. The van der Waals surface area contributed by atoms with Crippen LogP contribution in [0.5, 0.6) is 5.75 Å². The van der Waals surface area contributed by atoms with Crippen LogP contribution in [0, 0.1) is 6.92 Å². The first-order chi connectivity index (χ1) is 13.9. The van der Waals surface area contributed by atoms with Crippen molar-refractivity contribution in [2.75, 3.05) is 63.6 Å². The third-order valence-electron chi connectivity index (χ3n) is 5.18. The van der Waals surface area contributed by atoms with Gasteiger partial charge in [0.15, 0.2) is 0 Å². The van der Waals surface area contributed by atoms with E-state index >= 15 is 0 Å². The Hall–Kier alpha value is -2.44. The average Bonchev–Trinajstić information content (AvgIpc) is 2.71. The van der Waals surface area contributed by atoms with Gasteiger partial charge in [-0.15, -0.1) is 0 Å². The number of aryl methyl sites for hydroxylation is 1. The molecule has 0 aromatic heterocycles. The van der Waals surface area contributed by atoms with Crippen molar-refractivity contribution < 1.29 is 9.53 Å². The van der Waals surface area contributed by atoms with Crippen LogP contribution in [0.4, 0.5) is 16.2 Å². The van der Waals surface area contributed by atoms with Gasteiger partial charge >= 0.3 is 6.03 Å². The summed E-state index contributed by atoms with van der Waals surface area (Å²) in [5.74, 6) is 0.735. The Morgan fingerprint density at radius 1 is 1.14 bits per heavy atom. The van der Waals surface area contributed by atoms with E-state index in [-0.39, 0.29) is 6.03 Å². The molecular formula is C22H29ClN4O2. The number of hydrogen-bond acceptors (Lipinski definition) is 4. The van der Waals surface area contributed by atoms with Gasteiger partial charge < -0.3 is 24.8 Å². The fraction of sp³-hybridized carbons (Fsp3) is 0.409. The van der Waals surface area contributed by atoms with E-state index in [2.05, 4.69) is 34.3 Å². The number of piperazine rings is 1. The van der Waals surface area contributed by atoms with Crippen LogP contribution in [0.15, 0.2) is 42.5 Å². The largest absolute Gasteiger partial charge is 0.492 e. The SMILES string of the molecule is Cc1cc(N2CCN(C)CC2)ccc1NC(=O)N(C)CCOc1ccc(Cl)cc1. The van der Waals surface area contributed by atoms with Crippen molar-refractivity contribution in [2.24, 2.45) is 0 Å². The molecule has 2 amide bonds. The summed E-state index contributed by atoms with van der Waals surface area (Å²) in [6.07, 6.45) is 0. The molecule has 1 aliphatic heterocycles. The lowest BCUT2D eigenvalue weighted by Gasteiger charge is -2.34. The predicted octanol–water partition coefficient (Wildman–Crippen LogP) is 3.94. The number of benzene rings is 2. The minimum Gasteiger partial charge on any atom is -0.492 e. The first-order valence-electron chi connectivity index (χ1n) is 9.87. The molecule has 156 valence electrons. The summed E-state index contributed by atoms with van der Waals surface area (Å²) in [5.41, 5.74) is 3.09. The number of carbonyl (C=O) groups excluding carboxylic acids is 1. The number of carbonyl (C=O) groups is 1. The monoisotopic (exact) mass is 416 g/mol. The van der Waals surface area contributed by atoms with Gasteiger partial charge in [0.2, 0.25) is 0 Å². The molecule has 1 saturated heterocycles. The number of ether oxygens (including phenoxy) is 1. The zero-order valence-electron chi connectivity index (χ0n) is 17.3. The van der Waals surface area contributed by atoms with Gasteiger partial charge in [0.25, 0.3) is 0 Å². The predicted molar refractivity (Wildman–Crippen MR) is 119 cm³/mol. The van der Waals surface area contributed by atoms with E-state index in [1.54, 1.807) is 24.1 Å². The maximum atomic E-state index is 12.5. The second-order valence-corrected chi connectivity index (χ2v) is 7.88. The van der Waals surface area contributed by atoms with Gasteiger partial charge in [0.1, 0.15) is 12.4 Å². The lowest BCUT2D eigenvalue weighted by molar-refractivity contribution is 0.207. The molecule has 0 bridgehead atoms. The molecule has 0 unspecified atom stereocenters. The molecule has 0 radical (unpaired) electrons. The second kappa shape index (κ2) is 9.85. The molecule has 0 aliphatic carbocycles. The van der Waals surface area contributed by atoms with Crippen molar-refractivity contribution in [3.05, 3.63) is 53.1 Å². The summed E-state index contributed by atoms with van der Waals surface area (Å²) < 4.78 is 5.66. The summed E-state index contributed by atoms with van der Waals surface area (Å²) in [6, 6.07) is 13.2. The van der Waals surface area contributed by atoms with Crippen LogP contribution in [0.25, 0.3) is 0 Å². The quantitative estimate of drug-likeness (QED) is 0.774. The molecule has 0 spiro atoms. The topological polar surface area (TPSA) is 48.0 Å². The Labute approximate surface area is 178 Å². The van der Waals surface area contributed by atoms with Crippen LogP contribution in [0.3, 0.4) is 0 Å². The summed E-state index contributed by atoms with van der Waals surface area (Å²) in [4.78, 5) is 18.8. The molecule has 2 aromatic rings. The number of rotatable bonds is 6. The zero-order chi connectivity index (χ0) is 20.8. The summed E-state index contributed by atoms with van der Waals surface area (Å²) in [7, 11) is 3.91. The van der Waals surface area contributed by atoms with Crippen molar-refractivity contribution >= 4 is 29.0 Å². The Morgan fingerprint density at radius 2 is 1.83 bits per heavy atom. The average molecular weight is 417 g/mol. The number of nitrogens with zero attached hydrogens (tertiary/aromatic N) is 3. The number of urea groups is 1. The van der Waals surface area contributed by atoms with Crippen LogP contribution in [0.2, 0.25) is 5.02 Å². The van der Waals surface area contributed by atoms with Crippen LogP contribution in [0.1, 0.15) is 5.56 Å². The van der Waals surface area contributed by atoms with Crippen molar-refractivity contribution in [3.63, 3.8) is 0 Å². The molecule has 1 N–H and O–H groups in total. The summed E-state index contributed by atoms with van der Waals surface area (Å²) >= 11 is 5.87. The summed E-state index contributed by atoms with van der Waals surface area (Å²) in [6.45, 7) is 7.11. The van der Waals surface area contributed by atoms with Crippen molar-refractivity contribution in [3.8, 4) is 5.75 Å². The number of anilines is 2. The fourth-order valence-electron chi connectivity index (χ4n) is 3.19. The third-order valence-corrected chi connectivity index (χ3v) is 5.43. The van der Waals surface area contributed by atoms with Gasteiger partial charge in [-0.3, -0.25) is 0 Å². The normalized spacial score (nSPS) is 14.6. The Morgan fingerprint density at radius 3 is 2.48 bits per heavy atom. The molecule has 6 nitrogen and oxygen atoms in total. The van der Waals surface area contributed by atoms with Gasteiger partial charge in [-0.25, -0.2) is 4.79 Å². The van der Waals surface area contributed by atoms with E-state index in [1.165, 1.54) is 5.69 Å². The molecule has 0 atom stereocenters. The van der Waals surface area contributed by atoms with E-state index in [0.717, 1.165) is 43.2 Å².